The molecule has 0 aliphatic heterocycles. The van der Waals surface area contributed by atoms with E-state index in [1.165, 1.54) is 6.20 Å². The van der Waals surface area contributed by atoms with Gasteiger partial charge in [0.1, 0.15) is 11.4 Å². The summed E-state index contributed by atoms with van der Waals surface area (Å²) in [6.07, 6.45) is 1.52. The highest BCUT2D eigenvalue weighted by atomic mass is 16.5. The molecule has 0 unspecified atom stereocenters. The minimum Gasteiger partial charge on any atom is -0.497 e. The first-order valence-corrected chi connectivity index (χ1v) is 6.67. The van der Waals surface area contributed by atoms with Crippen LogP contribution >= 0.6 is 0 Å². The maximum Gasteiger partial charge on any atom is 0.269 e. The van der Waals surface area contributed by atoms with Crippen LogP contribution in [0.15, 0.2) is 41.5 Å². The van der Waals surface area contributed by atoms with Crippen molar-refractivity contribution in [3.05, 3.63) is 42.2 Å². The smallest absolute Gasteiger partial charge is 0.269 e. The van der Waals surface area contributed by atoms with Crippen molar-refractivity contribution in [2.45, 2.75) is 0 Å². The fraction of sp³-hybridized carbons (Fsp3) is 0.214. The van der Waals surface area contributed by atoms with Crippen molar-refractivity contribution in [2.75, 3.05) is 25.5 Å². The van der Waals surface area contributed by atoms with Crippen molar-refractivity contribution >= 4 is 17.6 Å². The molecule has 1 heterocycles. The summed E-state index contributed by atoms with van der Waals surface area (Å²) in [5.74, 6) is 0.818. The van der Waals surface area contributed by atoms with Crippen molar-refractivity contribution in [3.63, 3.8) is 0 Å². The van der Waals surface area contributed by atoms with Gasteiger partial charge >= 0.3 is 0 Å². The number of nitrogens with zero attached hydrogens (tertiary/aromatic N) is 2. The van der Waals surface area contributed by atoms with Crippen molar-refractivity contribution in [3.8, 4) is 5.75 Å². The molecule has 0 aliphatic carbocycles. The van der Waals surface area contributed by atoms with Gasteiger partial charge in [0.25, 0.3) is 5.91 Å². The molecule has 1 aromatic carbocycles. The predicted molar refractivity (Wildman–Crippen MR) is 84.0 cm³/mol. The van der Waals surface area contributed by atoms with Crippen molar-refractivity contribution in [1.29, 1.82) is 0 Å². The van der Waals surface area contributed by atoms with E-state index < -0.39 is 0 Å². The number of aromatic amines is 1. The number of nitrogens with one attached hydrogen (secondary N) is 3. The maximum atomic E-state index is 11.6. The van der Waals surface area contributed by atoms with Crippen molar-refractivity contribution < 1.29 is 9.53 Å². The third-order valence-electron chi connectivity index (χ3n) is 2.79. The Morgan fingerprint density at radius 2 is 2.14 bits per heavy atom. The maximum absolute atomic E-state index is 11.6. The zero-order valence-electron chi connectivity index (χ0n) is 12.2. The number of anilines is 1. The molecule has 0 atom stereocenters. The van der Waals surface area contributed by atoms with E-state index in [2.05, 4.69) is 25.8 Å². The molecule has 0 aliphatic rings. The van der Waals surface area contributed by atoms with Gasteiger partial charge < -0.3 is 21.1 Å². The number of H-pyrrole nitrogens is 1. The summed E-state index contributed by atoms with van der Waals surface area (Å²) in [5.41, 5.74) is 6.99. The van der Waals surface area contributed by atoms with E-state index in [0.29, 0.717) is 18.8 Å². The fourth-order valence-electron chi connectivity index (χ4n) is 1.69. The molecule has 8 heteroatoms. The second-order valence-electron chi connectivity index (χ2n) is 4.35. The van der Waals surface area contributed by atoms with Gasteiger partial charge in [0.2, 0.25) is 0 Å². The van der Waals surface area contributed by atoms with Gasteiger partial charge in [-0.15, -0.1) is 0 Å². The number of rotatable bonds is 6. The number of carbonyl (C=O) groups excluding carboxylic acids is 1. The Hall–Kier alpha value is -3.03. The molecule has 5 N–H and O–H groups in total. The van der Waals surface area contributed by atoms with Crippen LogP contribution in [0.4, 0.5) is 5.69 Å². The summed E-state index contributed by atoms with van der Waals surface area (Å²) < 4.78 is 5.07. The first-order valence-electron chi connectivity index (χ1n) is 6.67. The van der Waals surface area contributed by atoms with Gasteiger partial charge in [0.05, 0.1) is 13.7 Å². The average Bonchev–Trinajstić information content (AvgIpc) is 3.06. The van der Waals surface area contributed by atoms with Gasteiger partial charge in [-0.1, -0.05) is 0 Å². The van der Waals surface area contributed by atoms with E-state index >= 15 is 0 Å². The van der Waals surface area contributed by atoms with E-state index in [4.69, 9.17) is 10.5 Å². The number of carbonyl (C=O) groups is 1. The number of nitrogens with two attached hydrogens (primary N) is 1. The Labute approximate surface area is 127 Å². The number of hydrogen-bond donors (Lipinski definition) is 4. The van der Waals surface area contributed by atoms with E-state index in [9.17, 15) is 4.79 Å². The standard InChI is InChI=1S/C14H18N6O2/c1-22-11-4-2-10(3-5-11)19-14(15)17-9-8-16-13(21)12-6-7-18-20-12/h2-7H,8-9H2,1H3,(H,16,21)(H,18,20)(H3,15,17,19). The predicted octanol–water partition coefficient (Wildman–Crippen LogP) is 0.575. The lowest BCUT2D eigenvalue weighted by atomic mass is 10.3. The highest BCUT2D eigenvalue weighted by molar-refractivity contribution is 5.93. The molecule has 8 nitrogen and oxygen atoms in total. The number of guanidine groups is 1. The first-order chi connectivity index (χ1) is 10.7. The number of ether oxygens (including phenoxy) is 1. The molecule has 1 aromatic heterocycles. The normalized spacial score (nSPS) is 11.0. The Kier molecular flexibility index (Phi) is 5.36. The minimum absolute atomic E-state index is 0.227. The zero-order chi connectivity index (χ0) is 15.8. The second kappa shape index (κ2) is 7.67. The fourth-order valence-corrected chi connectivity index (χ4v) is 1.69. The third-order valence-corrected chi connectivity index (χ3v) is 2.79. The van der Waals surface area contributed by atoms with E-state index in [0.717, 1.165) is 11.4 Å². The van der Waals surface area contributed by atoms with Crippen LogP contribution in [0, 0.1) is 0 Å². The molecule has 0 saturated heterocycles. The number of methoxy groups -OCH3 is 1. The lowest BCUT2D eigenvalue weighted by Gasteiger charge is -2.07. The van der Waals surface area contributed by atoms with E-state index in [1.54, 1.807) is 13.2 Å². The van der Waals surface area contributed by atoms with Crippen LogP contribution < -0.4 is 21.1 Å². The summed E-state index contributed by atoms with van der Waals surface area (Å²) in [7, 11) is 1.61. The van der Waals surface area contributed by atoms with Gasteiger partial charge in [0.15, 0.2) is 5.96 Å². The molecule has 0 saturated carbocycles. The van der Waals surface area contributed by atoms with Crippen molar-refractivity contribution in [1.82, 2.24) is 15.5 Å². The summed E-state index contributed by atoms with van der Waals surface area (Å²) in [6, 6.07) is 8.90. The molecule has 0 radical (unpaired) electrons. The Morgan fingerprint density at radius 1 is 1.36 bits per heavy atom. The van der Waals surface area contributed by atoms with Crippen LogP contribution in [0.3, 0.4) is 0 Å². The van der Waals surface area contributed by atoms with Gasteiger partial charge in [0, 0.05) is 18.4 Å². The number of aliphatic imine (C=N–C) groups is 1. The van der Waals surface area contributed by atoms with Gasteiger partial charge in [-0.2, -0.15) is 5.10 Å². The van der Waals surface area contributed by atoms with Crippen LogP contribution in [0.1, 0.15) is 10.5 Å². The van der Waals surface area contributed by atoms with Crippen molar-refractivity contribution in [2.24, 2.45) is 10.7 Å². The van der Waals surface area contributed by atoms with E-state index in [1.807, 2.05) is 24.3 Å². The Bertz CT molecular complexity index is 621. The largest absolute Gasteiger partial charge is 0.497 e. The van der Waals surface area contributed by atoms with Crippen LogP contribution in [-0.4, -0.2) is 42.3 Å². The highest BCUT2D eigenvalue weighted by Gasteiger charge is 2.04. The molecule has 2 aromatic rings. The van der Waals surface area contributed by atoms with Gasteiger partial charge in [-0.05, 0) is 30.3 Å². The third kappa shape index (κ3) is 4.51. The molecular weight excluding hydrogens is 284 g/mol. The quantitative estimate of drug-likeness (QED) is 0.353. The highest BCUT2D eigenvalue weighted by Crippen LogP contribution is 2.14. The average molecular weight is 302 g/mol. The molecular formula is C14H18N6O2. The molecule has 0 bridgehead atoms. The number of amides is 1. The van der Waals surface area contributed by atoms with Gasteiger partial charge in [-0.25, -0.2) is 0 Å². The number of benzene rings is 1. The number of aromatic nitrogens is 2. The summed E-state index contributed by atoms with van der Waals surface area (Å²) in [5, 5.41) is 11.9. The zero-order valence-corrected chi connectivity index (χ0v) is 12.2. The monoisotopic (exact) mass is 302 g/mol. The lowest BCUT2D eigenvalue weighted by Crippen LogP contribution is -2.28. The molecule has 0 fully saturated rings. The van der Waals surface area contributed by atoms with Crippen LogP contribution in [0.5, 0.6) is 5.75 Å². The van der Waals surface area contributed by atoms with E-state index in [-0.39, 0.29) is 11.9 Å². The Balaban J connectivity index is 1.74. The first kappa shape index (κ1) is 15.4. The topological polar surface area (TPSA) is 117 Å². The minimum atomic E-state index is -0.227. The Morgan fingerprint density at radius 3 is 2.77 bits per heavy atom. The molecule has 22 heavy (non-hydrogen) atoms. The van der Waals surface area contributed by atoms with Crippen LogP contribution in [-0.2, 0) is 0 Å². The number of hydrogen-bond acceptors (Lipinski definition) is 4. The lowest BCUT2D eigenvalue weighted by molar-refractivity contribution is 0.0950. The molecule has 116 valence electrons. The summed E-state index contributed by atoms with van der Waals surface area (Å²) >= 11 is 0. The van der Waals surface area contributed by atoms with Gasteiger partial charge in [-0.3, -0.25) is 14.9 Å². The summed E-state index contributed by atoms with van der Waals surface area (Å²) in [6.45, 7) is 0.748. The molecule has 0 spiro atoms. The second-order valence-corrected chi connectivity index (χ2v) is 4.35. The molecule has 1 amide bonds. The van der Waals surface area contributed by atoms with Crippen LogP contribution in [0.2, 0.25) is 0 Å². The summed E-state index contributed by atoms with van der Waals surface area (Å²) in [4.78, 5) is 15.7. The SMILES string of the molecule is COc1ccc(NC(N)=NCCNC(=O)c2ccn[nH]2)cc1. The molecule has 2 rings (SSSR count). The van der Waals surface area contributed by atoms with Crippen LogP contribution in [0.25, 0.3) is 0 Å².